The van der Waals surface area contributed by atoms with E-state index in [9.17, 15) is 15.4 Å². The maximum absolute atomic E-state index is 11.1. The number of allylic oxidation sites excluding steroid dienone is 1. The number of rotatable bonds is 4. The van der Waals surface area contributed by atoms with Crippen molar-refractivity contribution < 1.29 is 4.92 Å². The summed E-state index contributed by atoms with van der Waals surface area (Å²) in [4.78, 5) is 19.0. The van der Waals surface area contributed by atoms with E-state index in [2.05, 4.69) is 16.0 Å². The highest BCUT2D eigenvalue weighted by Gasteiger charge is 2.14. The average Bonchev–Trinajstić information content (AvgIpc) is 3.10. The molecular formula is C17H10N4O2S. The highest BCUT2D eigenvalue weighted by molar-refractivity contribution is 7.11. The van der Waals surface area contributed by atoms with Gasteiger partial charge in [-0.3, -0.25) is 15.1 Å². The average molecular weight is 334 g/mol. The Morgan fingerprint density at radius 1 is 1.25 bits per heavy atom. The molecule has 0 saturated carbocycles. The molecule has 0 aliphatic carbocycles. The molecule has 0 saturated heterocycles. The summed E-state index contributed by atoms with van der Waals surface area (Å²) in [5.41, 5.74) is 2.25. The molecule has 116 valence electrons. The van der Waals surface area contributed by atoms with Crippen molar-refractivity contribution in [3.63, 3.8) is 0 Å². The van der Waals surface area contributed by atoms with Crippen LogP contribution in [-0.4, -0.2) is 14.9 Å². The van der Waals surface area contributed by atoms with Gasteiger partial charge in [0, 0.05) is 29.4 Å². The molecule has 0 bridgehead atoms. The summed E-state index contributed by atoms with van der Waals surface area (Å²) in [6.07, 6.45) is 4.83. The van der Waals surface area contributed by atoms with Crippen LogP contribution in [0.2, 0.25) is 0 Å². The normalized spacial score (nSPS) is 11.0. The standard InChI is InChI=1S/C17H10N4O2S/c18-10-14(9-13-3-1-2-4-16(13)21(22)23)17-20-15(11-24-17)12-5-7-19-8-6-12/h1-9,11H/b14-9-. The predicted molar refractivity (Wildman–Crippen MR) is 91.9 cm³/mol. The second-order valence-corrected chi connectivity index (χ2v) is 5.62. The third kappa shape index (κ3) is 3.19. The summed E-state index contributed by atoms with van der Waals surface area (Å²) < 4.78 is 0. The number of pyridine rings is 1. The maximum atomic E-state index is 11.1. The number of benzene rings is 1. The van der Waals surface area contributed by atoms with Gasteiger partial charge in [0.2, 0.25) is 0 Å². The van der Waals surface area contributed by atoms with Gasteiger partial charge in [0.05, 0.1) is 21.8 Å². The Hall–Kier alpha value is -3.37. The topological polar surface area (TPSA) is 92.7 Å². The van der Waals surface area contributed by atoms with Gasteiger partial charge in [-0.2, -0.15) is 5.26 Å². The maximum Gasteiger partial charge on any atom is 0.276 e. The molecule has 0 amide bonds. The molecular weight excluding hydrogens is 324 g/mol. The number of aromatic nitrogens is 2. The minimum absolute atomic E-state index is 0.0452. The van der Waals surface area contributed by atoms with Gasteiger partial charge >= 0.3 is 0 Å². The predicted octanol–water partition coefficient (Wildman–Crippen LogP) is 4.18. The van der Waals surface area contributed by atoms with Gasteiger partial charge in [-0.05, 0) is 24.3 Å². The van der Waals surface area contributed by atoms with Crippen molar-refractivity contribution in [1.29, 1.82) is 5.26 Å². The van der Waals surface area contributed by atoms with E-state index in [-0.39, 0.29) is 11.3 Å². The van der Waals surface area contributed by atoms with Crippen LogP contribution in [0.1, 0.15) is 10.6 Å². The smallest absolute Gasteiger partial charge is 0.265 e. The lowest BCUT2D eigenvalue weighted by Gasteiger charge is -1.98. The van der Waals surface area contributed by atoms with Crippen LogP contribution in [-0.2, 0) is 0 Å². The molecule has 0 aliphatic rings. The Kier molecular flexibility index (Phi) is 4.40. The second-order valence-electron chi connectivity index (χ2n) is 4.76. The van der Waals surface area contributed by atoms with Crippen molar-refractivity contribution in [2.24, 2.45) is 0 Å². The largest absolute Gasteiger partial charge is 0.276 e. The Labute approximate surface area is 141 Å². The summed E-state index contributed by atoms with van der Waals surface area (Å²) in [6, 6.07) is 12.0. The van der Waals surface area contributed by atoms with E-state index in [0.29, 0.717) is 10.6 Å². The quantitative estimate of drug-likeness (QED) is 0.405. The lowest BCUT2D eigenvalue weighted by atomic mass is 10.1. The number of nitrogens with zero attached hydrogens (tertiary/aromatic N) is 4. The van der Waals surface area contributed by atoms with Crippen molar-refractivity contribution in [2.75, 3.05) is 0 Å². The van der Waals surface area contributed by atoms with Gasteiger partial charge in [-0.1, -0.05) is 12.1 Å². The summed E-state index contributed by atoms with van der Waals surface area (Å²) in [5, 5.41) is 22.9. The first-order valence-electron chi connectivity index (χ1n) is 6.90. The number of nitriles is 1. The van der Waals surface area contributed by atoms with E-state index in [0.717, 1.165) is 11.3 Å². The summed E-state index contributed by atoms with van der Waals surface area (Å²) >= 11 is 1.32. The van der Waals surface area contributed by atoms with Crippen LogP contribution in [0.4, 0.5) is 5.69 Å². The lowest BCUT2D eigenvalue weighted by Crippen LogP contribution is -1.91. The van der Waals surface area contributed by atoms with Crippen LogP contribution in [0, 0.1) is 21.4 Å². The molecule has 1 aromatic carbocycles. The fraction of sp³-hybridized carbons (Fsp3) is 0. The number of nitro benzene ring substituents is 1. The molecule has 0 radical (unpaired) electrons. The fourth-order valence-electron chi connectivity index (χ4n) is 2.13. The third-order valence-electron chi connectivity index (χ3n) is 3.26. The molecule has 7 heteroatoms. The first-order valence-corrected chi connectivity index (χ1v) is 7.78. The molecule has 0 atom stereocenters. The van der Waals surface area contributed by atoms with Gasteiger partial charge in [0.15, 0.2) is 0 Å². The van der Waals surface area contributed by atoms with Gasteiger partial charge < -0.3 is 0 Å². The van der Waals surface area contributed by atoms with Crippen molar-refractivity contribution in [3.05, 3.63) is 74.9 Å². The van der Waals surface area contributed by atoms with Crippen molar-refractivity contribution >= 4 is 28.7 Å². The van der Waals surface area contributed by atoms with Crippen molar-refractivity contribution in [3.8, 4) is 17.3 Å². The number of para-hydroxylation sites is 1. The fourth-order valence-corrected chi connectivity index (χ4v) is 2.92. The lowest BCUT2D eigenvalue weighted by molar-refractivity contribution is -0.385. The highest BCUT2D eigenvalue weighted by atomic mass is 32.1. The molecule has 2 heterocycles. The zero-order valence-corrected chi connectivity index (χ0v) is 13.1. The molecule has 3 rings (SSSR count). The van der Waals surface area contributed by atoms with Crippen molar-refractivity contribution in [1.82, 2.24) is 9.97 Å². The SMILES string of the molecule is N#C/C(=C/c1ccccc1[N+](=O)[O-])c1nc(-c2ccncc2)cs1. The van der Waals surface area contributed by atoms with Crippen LogP contribution in [0.5, 0.6) is 0 Å². The molecule has 2 aromatic heterocycles. The van der Waals surface area contributed by atoms with Gasteiger partial charge in [-0.15, -0.1) is 11.3 Å². The molecule has 24 heavy (non-hydrogen) atoms. The van der Waals surface area contributed by atoms with Crippen LogP contribution in [0.15, 0.2) is 54.2 Å². The van der Waals surface area contributed by atoms with Crippen LogP contribution in [0.25, 0.3) is 22.9 Å². The van der Waals surface area contributed by atoms with Crippen LogP contribution in [0.3, 0.4) is 0 Å². The number of hydrogen-bond donors (Lipinski definition) is 0. The van der Waals surface area contributed by atoms with E-state index < -0.39 is 4.92 Å². The van der Waals surface area contributed by atoms with Gasteiger partial charge in [0.25, 0.3) is 5.69 Å². The molecule has 6 nitrogen and oxygen atoms in total. The van der Waals surface area contributed by atoms with E-state index in [4.69, 9.17) is 0 Å². The van der Waals surface area contributed by atoms with Crippen LogP contribution >= 0.6 is 11.3 Å². The van der Waals surface area contributed by atoms with E-state index in [1.807, 2.05) is 17.5 Å². The van der Waals surface area contributed by atoms with Gasteiger partial charge in [0.1, 0.15) is 11.1 Å². The van der Waals surface area contributed by atoms with E-state index in [1.54, 1.807) is 30.6 Å². The summed E-state index contributed by atoms with van der Waals surface area (Å²) in [5.74, 6) is 0. The first-order chi connectivity index (χ1) is 11.7. The van der Waals surface area contributed by atoms with Gasteiger partial charge in [-0.25, -0.2) is 4.98 Å². The zero-order valence-electron chi connectivity index (χ0n) is 12.3. The highest BCUT2D eigenvalue weighted by Crippen LogP contribution is 2.28. The first kappa shape index (κ1) is 15.5. The minimum atomic E-state index is -0.467. The van der Waals surface area contributed by atoms with E-state index in [1.165, 1.54) is 23.5 Å². The number of thiazole rings is 1. The molecule has 0 spiro atoms. The molecule has 0 fully saturated rings. The molecule has 0 aliphatic heterocycles. The molecule has 0 unspecified atom stereocenters. The van der Waals surface area contributed by atoms with Crippen LogP contribution < -0.4 is 0 Å². The summed E-state index contributed by atoms with van der Waals surface area (Å²) in [6.45, 7) is 0. The Bertz CT molecular complexity index is 958. The second kappa shape index (κ2) is 6.81. The Balaban J connectivity index is 2.01. The van der Waals surface area contributed by atoms with Crippen molar-refractivity contribution in [2.45, 2.75) is 0 Å². The monoisotopic (exact) mass is 334 g/mol. The molecule has 0 N–H and O–H groups in total. The summed E-state index contributed by atoms with van der Waals surface area (Å²) in [7, 11) is 0. The third-order valence-corrected chi connectivity index (χ3v) is 4.14. The van der Waals surface area contributed by atoms with E-state index >= 15 is 0 Å². The Morgan fingerprint density at radius 3 is 2.71 bits per heavy atom. The Morgan fingerprint density at radius 2 is 2.00 bits per heavy atom. The molecule has 3 aromatic rings. The zero-order chi connectivity index (χ0) is 16.9. The minimum Gasteiger partial charge on any atom is -0.265 e. The number of hydrogen-bond acceptors (Lipinski definition) is 6. The number of nitro groups is 1.